The first kappa shape index (κ1) is 29.0. The largest absolute Gasteiger partial charge is 0.453 e. The van der Waals surface area contributed by atoms with E-state index in [0.29, 0.717) is 23.2 Å². The number of hydrogen-bond donors (Lipinski definition) is 0. The second-order valence-corrected chi connectivity index (χ2v) is 12.8. The molecule has 0 bridgehead atoms. The predicted molar refractivity (Wildman–Crippen MR) is 209 cm³/mol. The molecule has 0 aliphatic heterocycles. The Kier molecular flexibility index (Phi) is 6.78. The van der Waals surface area contributed by atoms with Crippen molar-refractivity contribution >= 4 is 43.3 Å². The van der Waals surface area contributed by atoms with Gasteiger partial charge in [-0.25, -0.2) is 15.0 Å². The Balaban J connectivity index is 1.14. The lowest BCUT2D eigenvalue weighted by Gasteiger charge is -2.17. The van der Waals surface area contributed by atoms with Gasteiger partial charge >= 0.3 is 0 Å². The van der Waals surface area contributed by atoms with Crippen LogP contribution in [0.1, 0.15) is 0 Å². The number of benzene rings is 8. The molecular weight excluding hydrogens is 623 g/mol. The van der Waals surface area contributed by atoms with Crippen molar-refractivity contribution in [2.75, 3.05) is 0 Å². The fourth-order valence-electron chi connectivity index (χ4n) is 7.31. The molecule has 2 heterocycles. The van der Waals surface area contributed by atoms with E-state index in [1.54, 1.807) is 0 Å². The van der Waals surface area contributed by atoms with Crippen LogP contribution in [0.5, 0.6) is 0 Å². The number of hydrogen-bond acceptors (Lipinski definition) is 4. The van der Waals surface area contributed by atoms with Crippen molar-refractivity contribution < 1.29 is 4.42 Å². The van der Waals surface area contributed by atoms with Gasteiger partial charge in [0.2, 0.25) is 0 Å². The smallest absolute Gasteiger partial charge is 0.199 e. The predicted octanol–water partition coefficient (Wildman–Crippen LogP) is 12.4. The molecule has 0 saturated heterocycles. The topological polar surface area (TPSA) is 51.8 Å². The molecule has 10 aromatic rings. The summed E-state index contributed by atoms with van der Waals surface area (Å²) in [5.74, 6) is 2.29. The lowest BCUT2D eigenvalue weighted by Crippen LogP contribution is -1.99. The lowest BCUT2D eigenvalue weighted by molar-refractivity contribution is 0.625. The van der Waals surface area contributed by atoms with Gasteiger partial charge in [0, 0.05) is 16.5 Å². The van der Waals surface area contributed by atoms with Gasteiger partial charge < -0.3 is 4.42 Å². The first-order valence-corrected chi connectivity index (χ1v) is 17.1. The van der Waals surface area contributed by atoms with Crippen LogP contribution in [0.3, 0.4) is 0 Å². The van der Waals surface area contributed by atoms with E-state index in [0.717, 1.165) is 33.0 Å². The van der Waals surface area contributed by atoms with E-state index in [9.17, 15) is 0 Å². The Morgan fingerprint density at radius 1 is 0.314 bits per heavy atom. The highest BCUT2D eigenvalue weighted by Gasteiger charge is 2.18. The third-order valence-corrected chi connectivity index (χ3v) is 9.71. The SMILES string of the molecule is c1ccc(-c2c3ccccc3c(-c3ccc(-c4nc(-c5ccc6ccccc6c5)nc(-c5cc6ccccc6o5)n4)cc3)c3ccccc23)cc1. The molecule has 4 heteroatoms. The Labute approximate surface area is 294 Å². The molecule has 51 heavy (non-hydrogen) atoms. The number of para-hydroxylation sites is 1. The van der Waals surface area contributed by atoms with Crippen molar-refractivity contribution in [1.82, 2.24) is 15.0 Å². The fourth-order valence-corrected chi connectivity index (χ4v) is 7.31. The van der Waals surface area contributed by atoms with Gasteiger partial charge in [-0.3, -0.25) is 0 Å². The van der Waals surface area contributed by atoms with Crippen molar-refractivity contribution in [3.8, 4) is 56.6 Å². The van der Waals surface area contributed by atoms with Crippen molar-refractivity contribution in [2.24, 2.45) is 0 Å². The highest BCUT2D eigenvalue weighted by atomic mass is 16.3. The molecule has 238 valence electrons. The maximum atomic E-state index is 6.25. The zero-order chi connectivity index (χ0) is 33.7. The van der Waals surface area contributed by atoms with Crippen LogP contribution in [0.15, 0.2) is 180 Å². The Morgan fingerprint density at radius 2 is 0.784 bits per heavy atom. The first-order valence-electron chi connectivity index (χ1n) is 17.1. The number of rotatable bonds is 5. The zero-order valence-corrected chi connectivity index (χ0v) is 27.5. The van der Waals surface area contributed by atoms with Crippen LogP contribution in [-0.4, -0.2) is 15.0 Å². The minimum atomic E-state index is 0.497. The Bertz CT molecular complexity index is 2820. The Morgan fingerprint density at radius 3 is 1.43 bits per heavy atom. The van der Waals surface area contributed by atoms with Gasteiger partial charge in [0.05, 0.1) is 0 Å². The molecule has 0 saturated carbocycles. The molecule has 2 aromatic heterocycles. The summed E-state index contributed by atoms with van der Waals surface area (Å²) in [6.45, 7) is 0. The Hall–Kier alpha value is -6.91. The van der Waals surface area contributed by atoms with Gasteiger partial charge in [-0.05, 0) is 72.8 Å². The van der Waals surface area contributed by atoms with Crippen LogP contribution in [-0.2, 0) is 0 Å². The van der Waals surface area contributed by atoms with Gasteiger partial charge in [-0.2, -0.15) is 0 Å². The minimum absolute atomic E-state index is 0.497. The second-order valence-electron chi connectivity index (χ2n) is 12.8. The molecule has 10 rings (SSSR count). The molecular formula is C47H29N3O. The lowest BCUT2D eigenvalue weighted by atomic mass is 9.86. The molecule has 0 radical (unpaired) electrons. The maximum absolute atomic E-state index is 6.25. The molecule has 4 nitrogen and oxygen atoms in total. The van der Waals surface area contributed by atoms with E-state index >= 15 is 0 Å². The van der Waals surface area contributed by atoms with Crippen LogP contribution >= 0.6 is 0 Å². The highest BCUT2D eigenvalue weighted by Crippen LogP contribution is 2.43. The normalized spacial score (nSPS) is 11.5. The van der Waals surface area contributed by atoms with E-state index in [4.69, 9.17) is 19.4 Å². The molecule has 0 fully saturated rings. The monoisotopic (exact) mass is 651 g/mol. The summed E-state index contributed by atoms with van der Waals surface area (Å²) in [5, 5.41) is 8.19. The molecule has 0 amide bonds. The molecule has 8 aromatic carbocycles. The highest BCUT2D eigenvalue weighted by molar-refractivity contribution is 6.21. The molecule has 0 aliphatic rings. The van der Waals surface area contributed by atoms with Gasteiger partial charge in [0.1, 0.15) is 5.58 Å². The minimum Gasteiger partial charge on any atom is -0.453 e. The summed E-state index contributed by atoms with van der Waals surface area (Å²) < 4.78 is 6.25. The van der Waals surface area contributed by atoms with Gasteiger partial charge in [0.15, 0.2) is 23.2 Å². The fraction of sp³-hybridized carbons (Fsp3) is 0. The van der Waals surface area contributed by atoms with E-state index < -0.39 is 0 Å². The quantitative estimate of drug-likeness (QED) is 0.174. The zero-order valence-electron chi connectivity index (χ0n) is 27.5. The molecule has 0 atom stereocenters. The molecule has 0 N–H and O–H groups in total. The van der Waals surface area contributed by atoms with E-state index in [2.05, 4.69) is 140 Å². The van der Waals surface area contributed by atoms with E-state index in [1.165, 1.54) is 43.6 Å². The van der Waals surface area contributed by atoms with Gasteiger partial charge in [0.25, 0.3) is 0 Å². The third kappa shape index (κ3) is 5.04. The van der Waals surface area contributed by atoms with Crippen molar-refractivity contribution in [3.05, 3.63) is 176 Å². The number of nitrogens with zero attached hydrogens (tertiary/aromatic N) is 3. The third-order valence-electron chi connectivity index (χ3n) is 9.71. The van der Waals surface area contributed by atoms with Crippen LogP contribution in [0.4, 0.5) is 0 Å². The first-order chi connectivity index (χ1) is 25.3. The van der Waals surface area contributed by atoms with Crippen molar-refractivity contribution in [2.45, 2.75) is 0 Å². The number of aromatic nitrogens is 3. The van der Waals surface area contributed by atoms with Crippen LogP contribution in [0, 0.1) is 0 Å². The van der Waals surface area contributed by atoms with Crippen LogP contribution in [0.2, 0.25) is 0 Å². The van der Waals surface area contributed by atoms with E-state index in [1.807, 2.05) is 36.4 Å². The average Bonchev–Trinajstić information content (AvgIpc) is 3.65. The average molecular weight is 652 g/mol. The van der Waals surface area contributed by atoms with Crippen molar-refractivity contribution in [3.63, 3.8) is 0 Å². The number of furan rings is 1. The summed E-state index contributed by atoms with van der Waals surface area (Å²) in [5.41, 5.74) is 7.42. The second kappa shape index (κ2) is 11.9. The van der Waals surface area contributed by atoms with Crippen molar-refractivity contribution in [1.29, 1.82) is 0 Å². The maximum Gasteiger partial charge on any atom is 0.199 e. The molecule has 0 spiro atoms. The standard InChI is InChI=1S/C47H29N3O/c1-2-13-31(14-3-1)43-37-17-7-9-19-39(37)44(40-20-10-8-18-38(40)43)32-23-25-33(26-24-32)45-48-46(36-27-22-30-12-4-5-15-34(30)28-36)50-47(49-45)42-29-35-16-6-11-21-41(35)51-42/h1-29H. The summed E-state index contributed by atoms with van der Waals surface area (Å²) in [7, 11) is 0. The van der Waals surface area contributed by atoms with Gasteiger partial charge in [-0.1, -0.05) is 158 Å². The summed E-state index contributed by atoms with van der Waals surface area (Å²) in [6.07, 6.45) is 0. The summed E-state index contributed by atoms with van der Waals surface area (Å²) in [4.78, 5) is 15.0. The van der Waals surface area contributed by atoms with Gasteiger partial charge in [-0.15, -0.1) is 0 Å². The summed E-state index contributed by atoms with van der Waals surface area (Å²) in [6, 6.07) is 61.4. The van der Waals surface area contributed by atoms with Crippen LogP contribution in [0.25, 0.3) is 99.9 Å². The van der Waals surface area contributed by atoms with E-state index in [-0.39, 0.29) is 0 Å². The summed E-state index contributed by atoms with van der Waals surface area (Å²) >= 11 is 0. The molecule has 0 aliphatic carbocycles. The number of fused-ring (bicyclic) bond motifs is 4. The van der Waals surface area contributed by atoms with Crippen LogP contribution < -0.4 is 0 Å². The molecule has 0 unspecified atom stereocenters.